The molecule has 0 radical (unpaired) electrons. The normalized spacial score (nSPS) is 10.8. The van der Waals surface area contributed by atoms with E-state index < -0.39 is 11.9 Å². The average Bonchev–Trinajstić information content (AvgIpc) is 2.95. The van der Waals surface area contributed by atoms with Crippen molar-refractivity contribution in [2.75, 3.05) is 5.32 Å². The van der Waals surface area contributed by atoms with Gasteiger partial charge in [0.2, 0.25) is 5.91 Å². The number of thiophene rings is 1. The number of phenolic OH excluding ortho intramolecular Hbond substituents is 1. The molecule has 0 saturated carbocycles. The Labute approximate surface area is 131 Å². The highest BCUT2D eigenvalue weighted by molar-refractivity contribution is 7.12. The maximum Gasteiger partial charge on any atom is 0.337 e. The van der Waals surface area contributed by atoms with E-state index in [0.29, 0.717) is 0 Å². The summed E-state index contributed by atoms with van der Waals surface area (Å²) in [4.78, 5) is 25.1. The van der Waals surface area contributed by atoms with Crippen LogP contribution in [0.25, 0.3) is 6.08 Å². The molecule has 5 nitrogen and oxygen atoms in total. The maximum absolute atomic E-state index is 11.9. The maximum atomic E-state index is 11.9. The van der Waals surface area contributed by atoms with E-state index in [1.54, 1.807) is 17.4 Å². The predicted molar refractivity (Wildman–Crippen MR) is 86.4 cm³/mol. The molecule has 22 heavy (non-hydrogen) atoms. The van der Waals surface area contributed by atoms with Crippen molar-refractivity contribution in [1.29, 1.82) is 0 Å². The van der Waals surface area contributed by atoms with Gasteiger partial charge < -0.3 is 15.5 Å². The van der Waals surface area contributed by atoms with Crippen molar-refractivity contribution in [2.45, 2.75) is 13.3 Å². The van der Waals surface area contributed by atoms with Crippen LogP contribution in [0.15, 0.2) is 36.4 Å². The van der Waals surface area contributed by atoms with Gasteiger partial charge in [-0.25, -0.2) is 4.79 Å². The van der Waals surface area contributed by atoms with E-state index in [2.05, 4.69) is 12.2 Å². The Bertz CT molecular complexity index is 733. The smallest absolute Gasteiger partial charge is 0.337 e. The van der Waals surface area contributed by atoms with Gasteiger partial charge in [0.15, 0.2) is 0 Å². The molecule has 2 rings (SSSR count). The fourth-order valence-corrected chi connectivity index (χ4v) is 2.68. The number of benzene rings is 1. The highest BCUT2D eigenvalue weighted by Gasteiger charge is 2.12. The Morgan fingerprint density at radius 3 is 2.68 bits per heavy atom. The molecule has 0 aliphatic rings. The molecule has 0 aliphatic carbocycles. The van der Waals surface area contributed by atoms with E-state index in [9.17, 15) is 14.7 Å². The highest BCUT2D eigenvalue weighted by Crippen LogP contribution is 2.22. The summed E-state index contributed by atoms with van der Waals surface area (Å²) in [5, 5.41) is 20.9. The van der Waals surface area contributed by atoms with Crippen LogP contribution < -0.4 is 5.32 Å². The standard InChI is InChI=1S/C16H15NO4S/c1-2-11-4-5-12(22-11)6-8-15(19)17-14-7-3-10(18)9-13(14)16(20)21/h3-9,18H,2H2,1H3,(H,17,19)(H,20,21). The van der Waals surface area contributed by atoms with Gasteiger partial charge in [-0.15, -0.1) is 11.3 Å². The number of rotatable bonds is 5. The fourth-order valence-electron chi connectivity index (χ4n) is 1.82. The van der Waals surface area contributed by atoms with E-state index >= 15 is 0 Å². The van der Waals surface area contributed by atoms with Gasteiger partial charge in [-0.2, -0.15) is 0 Å². The van der Waals surface area contributed by atoms with Crippen LogP contribution in [0.1, 0.15) is 27.0 Å². The predicted octanol–water partition coefficient (Wildman–Crippen LogP) is 3.37. The molecule has 6 heteroatoms. The van der Waals surface area contributed by atoms with E-state index in [1.165, 1.54) is 23.1 Å². The van der Waals surface area contributed by atoms with Gasteiger partial charge >= 0.3 is 5.97 Å². The van der Waals surface area contributed by atoms with Crippen molar-refractivity contribution < 1.29 is 19.8 Å². The summed E-state index contributed by atoms with van der Waals surface area (Å²) in [5.41, 5.74) is -0.0217. The number of aromatic carboxylic acids is 1. The topological polar surface area (TPSA) is 86.6 Å². The molecule has 1 heterocycles. The van der Waals surface area contributed by atoms with Crippen molar-refractivity contribution >= 4 is 35.0 Å². The van der Waals surface area contributed by atoms with E-state index in [-0.39, 0.29) is 17.0 Å². The van der Waals surface area contributed by atoms with Gasteiger partial charge in [0.25, 0.3) is 0 Å². The lowest BCUT2D eigenvalue weighted by atomic mass is 10.1. The minimum absolute atomic E-state index is 0.139. The molecule has 2 aromatic rings. The number of carbonyl (C=O) groups excluding carboxylic acids is 1. The number of aryl methyl sites for hydroxylation is 1. The van der Waals surface area contributed by atoms with Crippen molar-refractivity contribution in [1.82, 2.24) is 0 Å². The highest BCUT2D eigenvalue weighted by atomic mass is 32.1. The third-order valence-corrected chi connectivity index (χ3v) is 4.12. The Morgan fingerprint density at radius 2 is 2.05 bits per heavy atom. The first-order chi connectivity index (χ1) is 10.5. The van der Waals surface area contributed by atoms with Crippen LogP contribution in [0.2, 0.25) is 0 Å². The van der Waals surface area contributed by atoms with Gasteiger partial charge in [-0.05, 0) is 42.8 Å². The van der Waals surface area contributed by atoms with Crippen molar-refractivity contribution in [3.63, 3.8) is 0 Å². The van der Waals surface area contributed by atoms with Crippen LogP contribution in [0.3, 0.4) is 0 Å². The fraction of sp³-hybridized carbons (Fsp3) is 0.125. The Balaban J connectivity index is 2.10. The summed E-state index contributed by atoms with van der Waals surface area (Å²) in [6, 6.07) is 7.69. The largest absolute Gasteiger partial charge is 0.508 e. The Morgan fingerprint density at radius 1 is 1.27 bits per heavy atom. The van der Waals surface area contributed by atoms with Crippen molar-refractivity contribution in [2.24, 2.45) is 0 Å². The van der Waals surface area contributed by atoms with Crippen molar-refractivity contribution in [3.8, 4) is 5.75 Å². The van der Waals surface area contributed by atoms with E-state index in [4.69, 9.17) is 5.11 Å². The van der Waals surface area contributed by atoms with Gasteiger partial charge in [-0.3, -0.25) is 4.79 Å². The zero-order valence-electron chi connectivity index (χ0n) is 11.9. The lowest BCUT2D eigenvalue weighted by molar-refractivity contribution is -0.111. The third-order valence-electron chi connectivity index (χ3n) is 2.92. The third kappa shape index (κ3) is 3.95. The number of hydrogen-bond acceptors (Lipinski definition) is 4. The molecular weight excluding hydrogens is 302 g/mol. The minimum Gasteiger partial charge on any atom is -0.508 e. The van der Waals surface area contributed by atoms with Gasteiger partial charge in [0.05, 0.1) is 11.3 Å². The van der Waals surface area contributed by atoms with Crippen LogP contribution >= 0.6 is 11.3 Å². The zero-order valence-corrected chi connectivity index (χ0v) is 12.7. The number of amides is 1. The van der Waals surface area contributed by atoms with Crippen LogP contribution in [0, 0.1) is 0 Å². The second-order valence-corrected chi connectivity index (χ2v) is 5.72. The molecule has 3 N–H and O–H groups in total. The quantitative estimate of drug-likeness (QED) is 0.583. The number of carboxylic acid groups (broad SMARTS) is 1. The lowest BCUT2D eigenvalue weighted by Gasteiger charge is -2.06. The molecular formula is C16H15NO4S. The number of aromatic hydroxyl groups is 1. The second-order valence-electron chi connectivity index (χ2n) is 4.52. The van der Waals surface area contributed by atoms with Gasteiger partial charge in [0.1, 0.15) is 5.75 Å². The molecule has 114 valence electrons. The average molecular weight is 317 g/mol. The molecule has 0 unspecified atom stereocenters. The minimum atomic E-state index is -1.22. The number of phenols is 1. The first kappa shape index (κ1) is 15.8. The van der Waals surface area contributed by atoms with E-state index in [0.717, 1.165) is 17.4 Å². The molecule has 0 saturated heterocycles. The molecule has 0 aliphatic heterocycles. The summed E-state index contributed by atoms with van der Waals surface area (Å²) in [5.74, 6) is -1.82. The Hall–Kier alpha value is -2.60. The lowest BCUT2D eigenvalue weighted by Crippen LogP contribution is -2.11. The molecule has 1 amide bonds. The van der Waals surface area contributed by atoms with Crippen LogP contribution in [0.4, 0.5) is 5.69 Å². The molecule has 0 spiro atoms. The monoisotopic (exact) mass is 317 g/mol. The number of hydrogen-bond donors (Lipinski definition) is 3. The van der Waals surface area contributed by atoms with Gasteiger partial charge in [0, 0.05) is 15.8 Å². The summed E-state index contributed by atoms with van der Waals surface area (Å²) < 4.78 is 0. The number of anilines is 1. The molecule has 1 aromatic heterocycles. The van der Waals surface area contributed by atoms with Crippen LogP contribution in [-0.2, 0) is 11.2 Å². The number of carbonyl (C=O) groups is 2. The van der Waals surface area contributed by atoms with Crippen LogP contribution in [-0.4, -0.2) is 22.1 Å². The van der Waals surface area contributed by atoms with Gasteiger partial charge in [-0.1, -0.05) is 6.92 Å². The SMILES string of the molecule is CCc1ccc(C=CC(=O)Nc2ccc(O)cc2C(=O)O)s1. The zero-order chi connectivity index (χ0) is 16.1. The number of nitrogens with one attached hydrogen (secondary N) is 1. The summed E-state index contributed by atoms with van der Waals surface area (Å²) >= 11 is 1.60. The van der Waals surface area contributed by atoms with Crippen molar-refractivity contribution in [3.05, 3.63) is 51.7 Å². The van der Waals surface area contributed by atoms with E-state index in [1.807, 2.05) is 12.1 Å². The molecule has 0 fully saturated rings. The molecule has 1 aromatic carbocycles. The summed E-state index contributed by atoms with van der Waals surface area (Å²) in [6.45, 7) is 2.06. The second kappa shape index (κ2) is 6.91. The summed E-state index contributed by atoms with van der Waals surface area (Å²) in [7, 11) is 0. The summed E-state index contributed by atoms with van der Waals surface area (Å²) in [6.07, 6.45) is 3.98. The molecule has 0 atom stereocenters. The number of carboxylic acids is 1. The first-order valence-corrected chi connectivity index (χ1v) is 7.45. The molecule has 0 bridgehead atoms. The Kier molecular flexibility index (Phi) is 4.95. The first-order valence-electron chi connectivity index (χ1n) is 6.63. The van der Waals surface area contributed by atoms with Crippen LogP contribution in [0.5, 0.6) is 5.75 Å².